The average Bonchev–Trinajstić information content (AvgIpc) is 3.75. The molecule has 9 nitrogen and oxygen atoms in total. The summed E-state index contributed by atoms with van der Waals surface area (Å²) in [5.74, 6) is 2.84. The number of nitrogens with zero attached hydrogens (tertiary/aromatic N) is 5. The zero-order valence-electron chi connectivity index (χ0n) is 28.0. The SMILES string of the molecule is COC(=O)c1c2c3ccc(Cl)c(c3n1C)-c1c(nn3c1CNCC3)CSCc1cc(n(C)n1)CSc1cc3c(c(c1)OCCC2)C=CCC3. The van der Waals surface area contributed by atoms with Crippen molar-refractivity contribution in [1.29, 1.82) is 0 Å². The molecule has 0 saturated heterocycles. The molecule has 0 saturated carbocycles. The van der Waals surface area contributed by atoms with Gasteiger partial charge in [0.25, 0.3) is 0 Å². The summed E-state index contributed by atoms with van der Waals surface area (Å²) in [7, 11) is 5.41. The maximum Gasteiger partial charge on any atom is 0.354 e. The normalized spacial score (nSPS) is 16.4. The number of allylic oxidation sites excluding steroid dienone is 1. The first-order valence-corrected chi connectivity index (χ1v) is 19.3. The molecule has 0 spiro atoms. The topological polar surface area (TPSA) is 88.1 Å². The van der Waals surface area contributed by atoms with Crippen molar-refractivity contribution in [2.24, 2.45) is 14.1 Å². The van der Waals surface area contributed by atoms with E-state index in [1.807, 2.05) is 59.0 Å². The molecule has 2 aliphatic heterocycles. The second-order valence-corrected chi connectivity index (χ2v) is 15.2. The molecular formula is C37H39ClN6O3S2. The Morgan fingerprint density at radius 3 is 2.86 bits per heavy atom. The van der Waals surface area contributed by atoms with Crippen LogP contribution in [0.4, 0.5) is 0 Å². The number of thioether (sulfide) groups is 2. The molecule has 3 aliphatic rings. The maximum atomic E-state index is 13.4. The van der Waals surface area contributed by atoms with Crippen molar-refractivity contribution < 1.29 is 14.3 Å². The fourth-order valence-corrected chi connectivity index (χ4v) is 9.55. The predicted molar refractivity (Wildman–Crippen MR) is 198 cm³/mol. The highest BCUT2D eigenvalue weighted by Crippen LogP contribution is 2.43. The fraction of sp³-hybridized carbons (Fsp3) is 0.378. The van der Waals surface area contributed by atoms with Gasteiger partial charge >= 0.3 is 5.97 Å². The number of aromatic nitrogens is 5. The molecular weight excluding hydrogens is 676 g/mol. The van der Waals surface area contributed by atoms with Crippen LogP contribution in [0.2, 0.25) is 5.02 Å². The van der Waals surface area contributed by atoms with E-state index in [1.165, 1.54) is 28.8 Å². The van der Waals surface area contributed by atoms with Gasteiger partial charge in [-0.15, -0.1) is 23.5 Å². The van der Waals surface area contributed by atoms with Crippen LogP contribution in [-0.2, 0) is 62.0 Å². The second kappa shape index (κ2) is 13.6. The zero-order valence-corrected chi connectivity index (χ0v) is 30.4. The number of methoxy groups -OCH3 is 1. The number of halogens is 1. The van der Waals surface area contributed by atoms with Gasteiger partial charge in [-0.05, 0) is 61.1 Å². The van der Waals surface area contributed by atoms with Gasteiger partial charge in [-0.25, -0.2) is 4.79 Å². The molecule has 0 fully saturated rings. The summed E-state index contributed by atoms with van der Waals surface area (Å²) in [6.07, 6.45) is 7.83. The minimum Gasteiger partial charge on any atom is -0.493 e. The summed E-state index contributed by atoms with van der Waals surface area (Å²) in [6, 6.07) is 10.7. The maximum absolute atomic E-state index is 13.4. The molecule has 1 N–H and O–H groups in total. The van der Waals surface area contributed by atoms with Gasteiger partial charge in [0.2, 0.25) is 0 Å². The number of hydrogen-bond acceptors (Lipinski definition) is 8. The van der Waals surface area contributed by atoms with E-state index in [4.69, 9.17) is 31.3 Å². The molecule has 12 heteroatoms. The Balaban J connectivity index is 1.26. The Hall–Kier alpha value is -3.64. The summed E-state index contributed by atoms with van der Waals surface area (Å²) in [4.78, 5) is 14.6. The number of carbonyl (C=O) groups excluding carboxylic acids is 1. The van der Waals surface area contributed by atoms with Crippen molar-refractivity contribution in [2.45, 2.75) is 60.9 Å². The van der Waals surface area contributed by atoms with Crippen LogP contribution in [-0.4, -0.2) is 50.4 Å². The van der Waals surface area contributed by atoms with Crippen LogP contribution >= 0.6 is 35.1 Å². The molecule has 0 amide bonds. The quantitative estimate of drug-likeness (QED) is 0.181. The van der Waals surface area contributed by atoms with Crippen molar-refractivity contribution in [2.75, 3.05) is 20.3 Å². The van der Waals surface area contributed by atoms with Crippen molar-refractivity contribution >= 4 is 58.1 Å². The highest BCUT2D eigenvalue weighted by molar-refractivity contribution is 7.98. The summed E-state index contributed by atoms with van der Waals surface area (Å²) >= 11 is 10.8. The number of rotatable bonds is 1. The van der Waals surface area contributed by atoms with Crippen LogP contribution in [0.15, 0.2) is 41.3 Å². The van der Waals surface area contributed by atoms with E-state index < -0.39 is 0 Å². The number of aryl methyl sites for hydroxylation is 4. The van der Waals surface area contributed by atoms with Crippen LogP contribution in [0.25, 0.3) is 28.1 Å². The lowest BCUT2D eigenvalue weighted by Crippen LogP contribution is -2.28. The lowest BCUT2D eigenvalue weighted by Gasteiger charge is -2.18. The van der Waals surface area contributed by atoms with Gasteiger partial charge in [0.15, 0.2) is 0 Å². The minimum absolute atomic E-state index is 0.362. The summed E-state index contributed by atoms with van der Waals surface area (Å²) in [5, 5.41) is 15.2. The molecule has 3 aromatic heterocycles. The monoisotopic (exact) mass is 714 g/mol. The summed E-state index contributed by atoms with van der Waals surface area (Å²) in [5.41, 5.74) is 11.2. The van der Waals surface area contributed by atoms with Gasteiger partial charge in [0.05, 0.1) is 47.9 Å². The third kappa shape index (κ3) is 5.98. The molecule has 254 valence electrons. The predicted octanol–water partition coefficient (Wildman–Crippen LogP) is 7.33. The van der Waals surface area contributed by atoms with Crippen LogP contribution in [0, 0.1) is 0 Å². The number of carbonyl (C=O) groups is 1. The van der Waals surface area contributed by atoms with Crippen LogP contribution in [0.1, 0.15) is 62.8 Å². The molecule has 0 radical (unpaired) electrons. The molecule has 0 unspecified atom stereocenters. The zero-order chi connectivity index (χ0) is 33.6. The van der Waals surface area contributed by atoms with E-state index in [9.17, 15) is 4.79 Å². The Labute approximate surface area is 299 Å². The molecule has 8 bridgehead atoms. The minimum atomic E-state index is -0.362. The molecule has 5 aromatic rings. The lowest BCUT2D eigenvalue weighted by atomic mass is 9.96. The Morgan fingerprint density at radius 1 is 1.08 bits per heavy atom. The Kier molecular flexibility index (Phi) is 9.02. The van der Waals surface area contributed by atoms with Gasteiger partial charge in [-0.3, -0.25) is 9.36 Å². The molecule has 1 aliphatic carbocycles. The van der Waals surface area contributed by atoms with Crippen molar-refractivity contribution in [1.82, 2.24) is 29.4 Å². The van der Waals surface area contributed by atoms with Gasteiger partial charge in [0.1, 0.15) is 11.4 Å². The number of benzene rings is 2. The third-order valence-corrected chi connectivity index (χ3v) is 12.1. The Bertz CT molecular complexity index is 2130. The van der Waals surface area contributed by atoms with E-state index in [2.05, 4.69) is 40.3 Å². The summed E-state index contributed by atoms with van der Waals surface area (Å²) in [6.45, 7) is 2.85. The first-order chi connectivity index (χ1) is 23.9. The van der Waals surface area contributed by atoms with E-state index in [1.54, 1.807) is 0 Å². The first-order valence-electron chi connectivity index (χ1n) is 16.8. The van der Waals surface area contributed by atoms with Crippen molar-refractivity contribution in [3.8, 4) is 16.9 Å². The molecule has 8 rings (SSSR count). The number of nitrogens with one attached hydrogen (secondary N) is 1. The second-order valence-electron chi connectivity index (χ2n) is 12.8. The van der Waals surface area contributed by atoms with Gasteiger partial charge in [-0.2, -0.15) is 10.2 Å². The first kappa shape index (κ1) is 32.6. The van der Waals surface area contributed by atoms with Crippen molar-refractivity contribution in [3.63, 3.8) is 0 Å². The molecule has 2 aromatic carbocycles. The van der Waals surface area contributed by atoms with Crippen molar-refractivity contribution in [3.05, 3.63) is 86.6 Å². The number of fused-ring (bicyclic) bond motifs is 10. The van der Waals surface area contributed by atoms with E-state index in [-0.39, 0.29) is 5.97 Å². The third-order valence-electron chi connectivity index (χ3n) is 9.76. The Morgan fingerprint density at radius 2 is 1.98 bits per heavy atom. The molecule has 5 heterocycles. The largest absolute Gasteiger partial charge is 0.493 e. The smallest absolute Gasteiger partial charge is 0.354 e. The molecule has 49 heavy (non-hydrogen) atoms. The van der Waals surface area contributed by atoms with E-state index in [0.29, 0.717) is 36.0 Å². The van der Waals surface area contributed by atoms with Crippen LogP contribution < -0.4 is 10.1 Å². The van der Waals surface area contributed by atoms with Gasteiger partial charge < -0.3 is 19.4 Å². The number of hydrogen-bond donors (Lipinski definition) is 1. The summed E-state index contributed by atoms with van der Waals surface area (Å²) < 4.78 is 18.0. The van der Waals surface area contributed by atoms with Gasteiger partial charge in [-0.1, -0.05) is 29.8 Å². The highest BCUT2D eigenvalue weighted by atomic mass is 35.5. The van der Waals surface area contributed by atoms with E-state index in [0.717, 1.165) is 94.3 Å². The number of ether oxygens (including phenoxy) is 2. The highest BCUT2D eigenvalue weighted by Gasteiger charge is 2.30. The molecule has 0 atom stereocenters. The lowest BCUT2D eigenvalue weighted by molar-refractivity contribution is 0.0589. The standard InChI is InChI=1S/C37H39ClN6O3S2/c1-42-35-28-10-11-29(38)33(35)34-30(41-44-13-12-39-18-31(34)44)21-48-19-23-16-24(43(2)40-23)20-49-25-15-22-7-4-5-8-26(22)32(17-25)47-14-6-9-27(28)36(42)37(45)46-3/h5,8,10-11,15-17,39H,4,6-7,9,12-14,18-21H2,1-3H3. The average molecular weight is 715 g/mol. The van der Waals surface area contributed by atoms with Gasteiger partial charge in [0, 0.05) is 77.1 Å². The fourth-order valence-electron chi connectivity index (χ4n) is 7.46. The van der Waals surface area contributed by atoms with Crippen LogP contribution in [0.3, 0.4) is 0 Å². The van der Waals surface area contributed by atoms with Crippen LogP contribution in [0.5, 0.6) is 5.75 Å². The van der Waals surface area contributed by atoms with E-state index >= 15 is 0 Å². The number of esters is 1.